The minimum absolute atomic E-state index is 0.0956. The lowest BCUT2D eigenvalue weighted by molar-refractivity contribution is 0.0521. The minimum atomic E-state index is -4.23. The number of halogens is 1. The molecule has 0 spiro atoms. The van der Waals surface area contributed by atoms with Gasteiger partial charge in [0.1, 0.15) is 11.9 Å². The first-order chi connectivity index (χ1) is 9.84. The fraction of sp³-hybridized carbons (Fsp3) is 0.273. The van der Waals surface area contributed by atoms with Crippen LogP contribution < -0.4 is 0 Å². The molecule has 0 N–H and O–H groups in total. The van der Waals surface area contributed by atoms with Gasteiger partial charge in [-0.1, -0.05) is 0 Å². The van der Waals surface area contributed by atoms with E-state index in [0.29, 0.717) is 5.69 Å². The fourth-order valence-corrected chi connectivity index (χ4v) is 2.83. The highest BCUT2D eigenvalue weighted by molar-refractivity contribution is 8.13. The lowest BCUT2D eigenvalue weighted by Gasteiger charge is -2.06. The molecule has 0 bridgehead atoms. The van der Waals surface area contributed by atoms with Gasteiger partial charge in [0.15, 0.2) is 10.8 Å². The first-order valence-corrected chi connectivity index (χ1v) is 8.14. The van der Waals surface area contributed by atoms with Gasteiger partial charge in [-0.3, -0.25) is 0 Å². The summed E-state index contributed by atoms with van der Waals surface area (Å²) in [6.07, 6.45) is 2.33. The molecule has 0 aliphatic heterocycles. The maximum absolute atomic E-state index is 11.8. The van der Waals surface area contributed by atoms with E-state index in [2.05, 4.69) is 15.1 Å². The van der Waals surface area contributed by atoms with Crippen LogP contribution in [0.1, 0.15) is 23.0 Å². The van der Waals surface area contributed by atoms with Crippen LogP contribution in [-0.4, -0.2) is 40.7 Å². The van der Waals surface area contributed by atoms with Gasteiger partial charge in [-0.15, -0.1) is 0 Å². The highest BCUT2D eigenvalue weighted by atomic mass is 35.7. The van der Waals surface area contributed by atoms with E-state index in [-0.39, 0.29) is 18.0 Å². The molecule has 21 heavy (non-hydrogen) atoms. The summed E-state index contributed by atoms with van der Waals surface area (Å²) in [4.78, 5) is 19.6. The van der Waals surface area contributed by atoms with Crippen molar-refractivity contribution in [3.63, 3.8) is 0 Å². The fourth-order valence-electron chi connectivity index (χ4n) is 1.64. The van der Waals surface area contributed by atoms with Crippen molar-refractivity contribution in [2.24, 2.45) is 0 Å². The van der Waals surface area contributed by atoms with Gasteiger partial charge >= 0.3 is 5.97 Å². The normalized spacial score (nSPS) is 11.4. The van der Waals surface area contributed by atoms with E-state index >= 15 is 0 Å². The van der Waals surface area contributed by atoms with Gasteiger partial charge in [0.05, 0.1) is 12.8 Å². The van der Waals surface area contributed by atoms with E-state index in [0.717, 1.165) is 10.9 Å². The highest BCUT2D eigenvalue weighted by Gasteiger charge is 2.29. The molecule has 0 saturated heterocycles. The Morgan fingerprint density at radius 3 is 2.71 bits per heavy atom. The lowest BCUT2D eigenvalue weighted by Crippen LogP contribution is -2.12. The molecule has 0 aliphatic carbocycles. The Balaban J connectivity index is 2.66. The third-order valence-electron chi connectivity index (χ3n) is 2.46. The van der Waals surface area contributed by atoms with Crippen LogP contribution in [0.15, 0.2) is 23.6 Å². The third kappa shape index (κ3) is 3.19. The molecule has 2 aromatic rings. The number of aryl methyl sites for hydroxylation is 1. The molecule has 0 saturated carbocycles. The van der Waals surface area contributed by atoms with Crippen LogP contribution in [0.5, 0.6) is 0 Å². The van der Waals surface area contributed by atoms with Gasteiger partial charge in [0.2, 0.25) is 0 Å². The summed E-state index contributed by atoms with van der Waals surface area (Å²) in [5, 5.41) is 3.37. The number of ether oxygens (including phenoxy) is 1. The molecule has 2 rings (SSSR count). The maximum atomic E-state index is 11.8. The molecule has 0 fully saturated rings. The molecular formula is C11H11ClN4O4S. The van der Waals surface area contributed by atoms with Crippen LogP contribution in [0.2, 0.25) is 0 Å². The van der Waals surface area contributed by atoms with Crippen molar-refractivity contribution in [2.45, 2.75) is 18.9 Å². The summed E-state index contributed by atoms with van der Waals surface area (Å²) in [6, 6.07) is 1.51. The average Bonchev–Trinajstić information content (AvgIpc) is 2.83. The summed E-state index contributed by atoms with van der Waals surface area (Å²) < 4.78 is 29.3. The van der Waals surface area contributed by atoms with E-state index in [1.165, 1.54) is 12.4 Å². The van der Waals surface area contributed by atoms with Crippen LogP contribution in [0.3, 0.4) is 0 Å². The Hall–Kier alpha value is -2.00. The molecule has 10 heteroatoms. The third-order valence-corrected chi connectivity index (χ3v) is 3.75. The second-order valence-corrected chi connectivity index (χ2v) is 6.43. The molecule has 112 valence electrons. The van der Waals surface area contributed by atoms with Crippen molar-refractivity contribution in [3.05, 3.63) is 29.8 Å². The molecule has 0 aromatic carbocycles. The number of nitrogens with zero attached hydrogens (tertiary/aromatic N) is 4. The minimum Gasteiger partial charge on any atom is -0.462 e. The molecule has 0 unspecified atom stereocenters. The Morgan fingerprint density at radius 2 is 2.14 bits per heavy atom. The van der Waals surface area contributed by atoms with Crippen molar-refractivity contribution < 1.29 is 17.9 Å². The van der Waals surface area contributed by atoms with Crippen molar-refractivity contribution in [3.8, 4) is 5.82 Å². The summed E-state index contributed by atoms with van der Waals surface area (Å²) in [5.74, 6) is -0.647. The van der Waals surface area contributed by atoms with Gasteiger partial charge in [-0.2, -0.15) is 5.10 Å². The quantitative estimate of drug-likeness (QED) is 0.610. The number of aromatic nitrogens is 4. The predicted molar refractivity (Wildman–Crippen MR) is 72.9 cm³/mol. The Labute approximate surface area is 125 Å². The van der Waals surface area contributed by atoms with E-state index in [9.17, 15) is 13.2 Å². The summed E-state index contributed by atoms with van der Waals surface area (Å²) in [6.45, 7) is 3.40. The van der Waals surface area contributed by atoms with Crippen LogP contribution in [0, 0.1) is 6.92 Å². The molecule has 0 amide bonds. The first kappa shape index (κ1) is 15.4. The number of esters is 1. The smallest absolute Gasteiger partial charge is 0.342 e. The summed E-state index contributed by atoms with van der Waals surface area (Å²) in [7, 11) is 1.17. The van der Waals surface area contributed by atoms with E-state index in [4.69, 9.17) is 15.4 Å². The van der Waals surface area contributed by atoms with Crippen LogP contribution in [0.4, 0.5) is 0 Å². The van der Waals surface area contributed by atoms with Crippen LogP contribution in [0.25, 0.3) is 5.82 Å². The zero-order valence-corrected chi connectivity index (χ0v) is 12.7. The zero-order valence-electron chi connectivity index (χ0n) is 11.1. The molecule has 2 aromatic heterocycles. The van der Waals surface area contributed by atoms with Gasteiger partial charge in [0.25, 0.3) is 9.05 Å². The molecule has 0 radical (unpaired) electrons. The maximum Gasteiger partial charge on any atom is 0.342 e. The van der Waals surface area contributed by atoms with E-state index < -0.39 is 20.0 Å². The van der Waals surface area contributed by atoms with Gasteiger partial charge in [-0.25, -0.2) is 27.9 Å². The van der Waals surface area contributed by atoms with Crippen LogP contribution in [-0.2, 0) is 13.8 Å². The monoisotopic (exact) mass is 330 g/mol. The zero-order chi connectivity index (χ0) is 15.6. The van der Waals surface area contributed by atoms with Crippen molar-refractivity contribution in [2.75, 3.05) is 6.61 Å². The average molecular weight is 331 g/mol. The number of carbonyl (C=O) groups excluding carboxylic acids is 1. The molecule has 8 nitrogen and oxygen atoms in total. The van der Waals surface area contributed by atoms with Gasteiger partial charge in [0, 0.05) is 22.4 Å². The number of carbonyl (C=O) groups is 1. The topological polar surface area (TPSA) is 104 Å². The van der Waals surface area contributed by atoms with Gasteiger partial charge in [-0.05, 0) is 13.8 Å². The van der Waals surface area contributed by atoms with Crippen molar-refractivity contribution in [1.29, 1.82) is 0 Å². The lowest BCUT2D eigenvalue weighted by atomic mass is 10.3. The number of rotatable bonds is 4. The van der Waals surface area contributed by atoms with Crippen LogP contribution >= 0.6 is 10.7 Å². The summed E-state index contributed by atoms with van der Waals surface area (Å²) >= 11 is 0. The van der Waals surface area contributed by atoms with Crippen molar-refractivity contribution >= 4 is 25.7 Å². The Kier molecular flexibility index (Phi) is 4.24. The molecular weight excluding hydrogens is 320 g/mol. The van der Waals surface area contributed by atoms with E-state index in [1.807, 2.05) is 0 Å². The molecule has 2 heterocycles. The SMILES string of the molecule is CCOC(=O)c1cnn(-c2cc(C)ncn2)c1S(=O)(=O)Cl. The van der Waals surface area contributed by atoms with Gasteiger partial charge < -0.3 is 4.74 Å². The summed E-state index contributed by atoms with van der Waals surface area (Å²) in [5.41, 5.74) is 0.356. The van der Waals surface area contributed by atoms with E-state index in [1.54, 1.807) is 13.8 Å². The highest BCUT2D eigenvalue weighted by Crippen LogP contribution is 2.23. The second-order valence-electron chi connectivity index (χ2n) is 3.95. The molecule has 0 atom stereocenters. The standard InChI is InChI=1S/C11H11ClN4O4S/c1-3-20-11(17)8-5-15-16(10(8)21(12,18)19)9-4-7(2)13-6-14-9/h4-6H,3H2,1-2H3. The van der Waals surface area contributed by atoms with Crippen molar-refractivity contribution in [1.82, 2.24) is 19.7 Å². The first-order valence-electron chi connectivity index (χ1n) is 5.83. The number of hydrogen-bond donors (Lipinski definition) is 0. The largest absolute Gasteiger partial charge is 0.462 e. The second kappa shape index (κ2) is 5.78. The number of hydrogen-bond acceptors (Lipinski definition) is 7. The molecule has 0 aliphatic rings. The Bertz CT molecular complexity index is 787. The Morgan fingerprint density at radius 1 is 1.43 bits per heavy atom. The predicted octanol–water partition coefficient (Wildman–Crippen LogP) is 1.07.